The van der Waals surface area contributed by atoms with Crippen molar-refractivity contribution in [1.29, 1.82) is 10.5 Å². The van der Waals surface area contributed by atoms with Crippen LogP contribution in [0.3, 0.4) is 0 Å². The highest BCUT2D eigenvalue weighted by atomic mass is 16.4. The Labute approximate surface area is 244 Å². The average Bonchev–Trinajstić information content (AvgIpc) is 3.73. The quantitative estimate of drug-likeness (QED) is 0.215. The van der Waals surface area contributed by atoms with E-state index in [0.717, 1.165) is 55.0 Å². The Bertz CT molecular complexity index is 2650. The Morgan fingerprint density at radius 3 is 1.79 bits per heavy atom. The molecule has 3 heterocycles. The lowest BCUT2D eigenvalue weighted by Crippen LogP contribution is -1.99. The van der Waals surface area contributed by atoms with Crippen LogP contribution in [0.15, 0.2) is 124 Å². The van der Waals surface area contributed by atoms with Gasteiger partial charge in [-0.25, -0.2) is 0 Å². The third-order valence-corrected chi connectivity index (χ3v) is 8.48. The lowest BCUT2D eigenvalue weighted by atomic mass is 9.96. The van der Waals surface area contributed by atoms with Gasteiger partial charge >= 0.3 is 0 Å². The first-order chi connectivity index (χ1) is 21.2. The van der Waals surface area contributed by atoms with Crippen molar-refractivity contribution < 1.29 is 8.83 Å². The van der Waals surface area contributed by atoms with Gasteiger partial charge in [0.1, 0.15) is 11.2 Å². The zero-order valence-corrected chi connectivity index (χ0v) is 22.6. The summed E-state index contributed by atoms with van der Waals surface area (Å²) in [4.78, 5) is 0. The summed E-state index contributed by atoms with van der Waals surface area (Å²) in [6, 6.07) is 42.9. The maximum absolute atomic E-state index is 10.3. The van der Waals surface area contributed by atoms with Crippen LogP contribution in [0.4, 0.5) is 0 Å². The van der Waals surface area contributed by atoms with Crippen molar-refractivity contribution >= 4 is 65.7 Å². The monoisotopic (exact) mass is 549 g/mol. The van der Waals surface area contributed by atoms with Gasteiger partial charge in [-0.1, -0.05) is 48.5 Å². The number of aromatic nitrogens is 1. The second-order valence-corrected chi connectivity index (χ2v) is 10.7. The highest BCUT2D eigenvalue weighted by Crippen LogP contribution is 2.42. The zero-order valence-electron chi connectivity index (χ0n) is 22.6. The van der Waals surface area contributed by atoms with Crippen LogP contribution in [0.5, 0.6) is 0 Å². The van der Waals surface area contributed by atoms with E-state index in [0.29, 0.717) is 27.9 Å². The smallest absolute Gasteiger partial charge is 0.178 e. The number of fused-ring (bicyclic) bond motifs is 10. The fraction of sp³-hybridized carbons (Fsp3) is 0. The number of nitriles is 2. The molecule has 3 aromatic heterocycles. The summed E-state index contributed by atoms with van der Waals surface area (Å²) in [7, 11) is 0. The molecule has 0 radical (unpaired) electrons. The van der Waals surface area contributed by atoms with E-state index in [1.54, 1.807) is 6.07 Å². The third kappa shape index (κ3) is 3.19. The number of hydrogen-bond acceptors (Lipinski definition) is 4. The Hall–Kier alpha value is -6.30. The van der Waals surface area contributed by atoms with E-state index in [4.69, 9.17) is 8.83 Å². The van der Waals surface area contributed by atoms with Gasteiger partial charge in [0, 0.05) is 37.9 Å². The fourth-order valence-electron chi connectivity index (χ4n) is 6.60. The van der Waals surface area contributed by atoms with Crippen molar-refractivity contribution in [1.82, 2.24) is 4.57 Å². The van der Waals surface area contributed by atoms with Gasteiger partial charge in [-0.15, -0.1) is 0 Å². The Kier molecular flexibility index (Phi) is 4.68. The van der Waals surface area contributed by atoms with E-state index in [9.17, 15) is 10.5 Å². The molecule has 0 saturated carbocycles. The minimum absolute atomic E-state index is 0.583. The molecule has 0 aliphatic rings. The van der Waals surface area contributed by atoms with Crippen molar-refractivity contribution in [2.75, 3.05) is 0 Å². The van der Waals surface area contributed by atoms with E-state index >= 15 is 0 Å². The third-order valence-electron chi connectivity index (χ3n) is 8.48. The van der Waals surface area contributed by atoms with Crippen molar-refractivity contribution in [3.63, 3.8) is 0 Å². The van der Waals surface area contributed by atoms with Gasteiger partial charge in [0.05, 0.1) is 40.0 Å². The lowest BCUT2D eigenvalue weighted by Gasteiger charge is -2.15. The molecule has 0 unspecified atom stereocenters. The first-order valence-electron chi connectivity index (χ1n) is 14.0. The van der Waals surface area contributed by atoms with Gasteiger partial charge in [0.2, 0.25) is 0 Å². The molecular formula is C38H19N3O2. The molecule has 5 heteroatoms. The van der Waals surface area contributed by atoms with Gasteiger partial charge in [-0.05, 0) is 72.3 Å². The van der Waals surface area contributed by atoms with Crippen LogP contribution >= 0.6 is 0 Å². The van der Waals surface area contributed by atoms with Gasteiger partial charge in [0.25, 0.3) is 0 Å². The van der Waals surface area contributed by atoms with Gasteiger partial charge in [-0.3, -0.25) is 0 Å². The molecule has 198 valence electrons. The van der Waals surface area contributed by atoms with Crippen molar-refractivity contribution in [3.05, 3.63) is 126 Å². The van der Waals surface area contributed by atoms with Crippen molar-refractivity contribution in [2.45, 2.75) is 0 Å². The molecule has 0 aliphatic carbocycles. The topological polar surface area (TPSA) is 78.8 Å². The Balaban J connectivity index is 1.32. The Morgan fingerprint density at radius 2 is 1.14 bits per heavy atom. The molecule has 0 atom stereocenters. The number of furan rings is 2. The molecule has 0 aliphatic heterocycles. The van der Waals surface area contributed by atoms with E-state index < -0.39 is 0 Å². The molecule has 9 aromatic rings. The van der Waals surface area contributed by atoms with Crippen LogP contribution in [-0.4, -0.2) is 4.57 Å². The van der Waals surface area contributed by atoms with E-state index in [1.807, 2.05) is 48.5 Å². The lowest BCUT2D eigenvalue weighted by molar-refractivity contribution is 0.633. The summed E-state index contributed by atoms with van der Waals surface area (Å²) in [5.74, 6) is 0. The highest BCUT2D eigenvalue weighted by Gasteiger charge is 2.20. The standard InChI is InChI=1S/C38H19N3O2/c39-20-22-12-16-34-29(18-22)27-14-15-28-30-19-23(13-17-35(30)43-38(28)37(27)42-34)36-24(21-40)6-5-11-33(36)41-31-9-3-1-7-25(31)26-8-2-4-10-32(26)41/h1-19H. The second kappa shape index (κ2) is 8.60. The molecule has 5 nitrogen and oxygen atoms in total. The first-order valence-corrected chi connectivity index (χ1v) is 14.0. The summed E-state index contributed by atoms with van der Waals surface area (Å²) >= 11 is 0. The molecule has 0 fully saturated rings. The van der Waals surface area contributed by atoms with Crippen molar-refractivity contribution in [2.24, 2.45) is 0 Å². The highest BCUT2D eigenvalue weighted by molar-refractivity contribution is 6.19. The van der Waals surface area contributed by atoms with Gasteiger partial charge < -0.3 is 13.4 Å². The van der Waals surface area contributed by atoms with Crippen LogP contribution < -0.4 is 0 Å². The first kappa shape index (κ1) is 23.4. The predicted molar refractivity (Wildman–Crippen MR) is 170 cm³/mol. The number of nitrogens with zero attached hydrogens (tertiary/aromatic N) is 3. The minimum Gasteiger partial charge on any atom is -0.452 e. The maximum Gasteiger partial charge on any atom is 0.178 e. The molecule has 0 spiro atoms. The largest absolute Gasteiger partial charge is 0.452 e. The maximum atomic E-state index is 10.3. The average molecular weight is 550 g/mol. The molecule has 0 bridgehead atoms. The number of para-hydroxylation sites is 2. The molecule has 6 aromatic carbocycles. The summed E-state index contributed by atoms with van der Waals surface area (Å²) in [6.45, 7) is 0. The van der Waals surface area contributed by atoms with Crippen molar-refractivity contribution in [3.8, 4) is 29.0 Å². The number of rotatable bonds is 2. The minimum atomic E-state index is 0.583. The van der Waals surface area contributed by atoms with E-state index in [2.05, 4.69) is 77.4 Å². The number of hydrogen-bond donors (Lipinski definition) is 0. The van der Waals surface area contributed by atoms with Crippen LogP contribution in [0.2, 0.25) is 0 Å². The van der Waals surface area contributed by atoms with Crippen LogP contribution in [0, 0.1) is 22.7 Å². The Morgan fingerprint density at radius 1 is 0.512 bits per heavy atom. The van der Waals surface area contributed by atoms with Crippen LogP contribution in [-0.2, 0) is 0 Å². The summed E-state index contributed by atoms with van der Waals surface area (Å²) in [5.41, 5.74) is 8.84. The molecule has 43 heavy (non-hydrogen) atoms. The summed E-state index contributed by atoms with van der Waals surface area (Å²) in [6.07, 6.45) is 0. The molecule has 0 N–H and O–H groups in total. The molecule has 0 saturated heterocycles. The molecular weight excluding hydrogens is 530 g/mol. The number of benzene rings is 6. The summed E-state index contributed by atoms with van der Waals surface area (Å²) < 4.78 is 14.9. The van der Waals surface area contributed by atoms with Gasteiger partial charge in [0.15, 0.2) is 11.2 Å². The zero-order chi connectivity index (χ0) is 28.7. The molecule has 0 amide bonds. The SMILES string of the molecule is N#Cc1ccc2oc3c(ccc4c5cc(-c6c(C#N)cccc6-n6c7ccccc7c7ccccc76)ccc5oc43)c2c1. The van der Waals surface area contributed by atoms with Crippen LogP contribution in [0.25, 0.3) is 82.5 Å². The summed E-state index contributed by atoms with van der Waals surface area (Å²) in [5, 5.41) is 25.7. The van der Waals surface area contributed by atoms with E-state index in [-0.39, 0.29) is 0 Å². The van der Waals surface area contributed by atoms with Crippen LogP contribution in [0.1, 0.15) is 11.1 Å². The predicted octanol–water partition coefficient (Wildman–Crippen LogP) is 9.99. The second-order valence-electron chi connectivity index (χ2n) is 10.7. The van der Waals surface area contributed by atoms with E-state index in [1.165, 1.54) is 10.8 Å². The fourth-order valence-corrected chi connectivity index (χ4v) is 6.60. The van der Waals surface area contributed by atoms with Gasteiger partial charge in [-0.2, -0.15) is 10.5 Å². The molecule has 9 rings (SSSR count). The normalized spacial score (nSPS) is 11.7.